The summed E-state index contributed by atoms with van der Waals surface area (Å²) in [6.45, 7) is 2.30. The predicted molar refractivity (Wildman–Crippen MR) is 177 cm³/mol. The van der Waals surface area contributed by atoms with Crippen LogP contribution in [0.1, 0.15) is 238 Å². The fourth-order valence-electron chi connectivity index (χ4n) is 6.18. The minimum atomic E-state index is -0.897. The average Bonchev–Trinajstić information content (AvgIpc) is 2.95. The quantitative estimate of drug-likeness (QED) is 0.0529. The van der Waals surface area contributed by atoms with Crippen molar-refractivity contribution in [2.24, 2.45) is 0 Å². The number of hydrogen-bond acceptors (Lipinski definition) is 2. The standard InChI is InChI=1S/C38H76O2.K/c1-2-3-4-5-6-7-8-9-10-11-12-13-14-15-16-17-18-19-20-21-22-23-24-25-26-27-28-29-30-31-32-33-34-35-36-37-38(39)40;/h2-37H2,1H3,(H,39,40);/q;+1/p-1. The van der Waals surface area contributed by atoms with Gasteiger partial charge >= 0.3 is 51.4 Å². The van der Waals surface area contributed by atoms with E-state index in [1.807, 2.05) is 0 Å². The van der Waals surface area contributed by atoms with Crippen LogP contribution in [0, 0.1) is 0 Å². The fraction of sp³-hybridized carbons (Fsp3) is 0.974. The van der Waals surface area contributed by atoms with E-state index in [1.165, 1.54) is 212 Å². The van der Waals surface area contributed by atoms with Crippen molar-refractivity contribution in [2.45, 2.75) is 238 Å². The predicted octanol–water partition coefficient (Wildman–Crippen LogP) is 9.80. The van der Waals surface area contributed by atoms with Gasteiger partial charge in [-0.1, -0.05) is 225 Å². The van der Waals surface area contributed by atoms with E-state index in [9.17, 15) is 9.90 Å². The van der Waals surface area contributed by atoms with Gasteiger partial charge in [0.25, 0.3) is 0 Å². The van der Waals surface area contributed by atoms with Gasteiger partial charge in [0.1, 0.15) is 0 Å². The Hall–Kier alpha value is 1.11. The van der Waals surface area contributed by atoms with E-state index in [0.717, 1.165) is 12.8 Å². The van der Waals surface area contributed by atoms with Crippen LogP contribution in [0.5, 0.6) is 0 Å². The third-order valence-electron chi connectivity index (χ3n) is 8.98. The number of hydrogen-bond donors (Lipinski definition) is 0. The zero-order chi connectivity index (χ0) is 29.0. The molecule has 0 aromatic carbocycles. The summed E-state index contributed by atoms with van der Waals surface area (Å²) in [6.07, 6.45) is 49.5. The normalized spacial score (nSPS) is 11.1. The van der Waals surface area contributed by atoms with Crippen molar-refractivity contribution in [3.05, 3.63) is 0 Å². The van der Waals surface area contributed by atoms with Gasteiger partial charge in [0.15, 0.2) is 0 Å². The Morgan fingerprint density at radius 2 is 0.463 bits per heavy atom. The minimum absolute atomic E-state index is 0. The van der Waals surface area contributed by atoms with E-state index in [1.54, 1.807) is 0 Å². The topological polar surface area (TPSA) is 40.1 Å². The van der Waals surface area contributed by atoms with Crippen LogP contribution in [0.15, 0.2) is 0 Å². The Kier molecular flexibility index (Phi) is 44.3. The molecular weight excluding hydrogens is 528 g/mol. The molecule has 0 aliphatic rings. The maximum absolute atomic E-state index is 10.4. The summed E-state index contributed by atoms with van der Waals surface area (Å²) in [5.74, 6) is -0.897. The number of unbranched alkanes of at least 4 members (excludes halogenated alkanes) is 34. The number of carbonyl (C=O) groups excluding carboxylic acids is 1. The number of carboxylic acid groups (broad SMARTS) is 1. The summed E-state index contributed by atoms with van der Waals surface area (Å²) < 4.78 is 0. The van der Waals surface area contributed by atoms with Crippen LogP contribution in [0.25, 0.3) is 0 Å². The molecule has 0 aliphatic carbocycles. The van der Waals surface area contributed by atoms with E-state index < -0.39 is 5.97 Å². The van der Waals surface area contributed by atoms with Gasteiger partial charge in [-0.2, -0.15) is 0 Å². The summed E-state index contributed by atoms with van der Waals surface area (Å²) in [5.41, 5.74) is 0. The summed E-state index contributed by atoms with van der Waals surface area (Å²) >= 11 is 0. The summed E-state index contributed by atoms with van der Waals surface area (Å²) in [7, 11) is 0. The molecule has 0 amide bonds. The molecule has 0 fully saturated rings. The smallest absolute Gasteiger partial charge is 0.550 e. The second-order valence-corrected chi connectivity index (χ2v) is 13.1. The SMILES string of the molecule is CCCCCCCCCCCCCCCCCCCCCCCCCCCCCCCCCCCCCC(=O)[O-].[K+]. The van der Waals surface area contributed by atoms with Crippen molar-refractivity contribution < 1.29 is 61.3 Å². The van der Waals surface area contributed by atoms with Crippen LogP contribution in [0.2, 0.25) is 0 Å². The monoisotopic (exact) mass is 603 g/mol. The molecule has 0 unspecified atom stereocenters. The molecule has 0 atom stereocenters. The van der Waals surface area contributed by atoms with Gasteiger partial charge in [0.05, 0.1) is 0 Å². The van der Waals surface area contributed by atoms with Gasteiger partial charge in [-0.15, -0.1) is 0 Å². The first-order valence-corrected chi connectivity index (χ1v) is 19.0. The minimum Gasteiger partial charge on any atom is -0.550 e. The first kappa shape index (κ1) is 44.2. The van der Waals surface area contributed by atoms with Crippen molar-refractivity contribution in [3.8, 4) is 0 Å². The molecule has 3 heteroatoms. The van der Waals surface area contributed by atoms with E-state index in [0.29, 0.717) is 0 Å². The molecule has 2 nitrogen and oxygen atoms in total. The molecule has 0 saturated heterocycles. The van der Waals surface area contributed by atoms with Gasteiger partial charge in [-0.05, 0) is 12.8 Å². The molecule has 0 aliphatic heterocycles. The van der Waals surface area contributed by atoms with E-state index >= 15 is 0 Å². The van der Waals surface area contributed by atoms with Crippen LogP contribution in [0.4, 0.5) is 0 Å². The van der Waals surface area contributed by atoms with Gasteiger partial charge in [0, 0.05) is 5.97 Å². The largest absolute Gasteiger partial charge is 1.00 e. The zero-order valence-electron chi connectivity index (χ0n) is 28.8. The van der Waals surface area contributed by atoms with Gasteiger partial charge in [-0.25, -0.2) is 0 Å². The van der Waals surface area contributed by atoms with Crippen molar-refractivity contribution in [3.63, 3.8) is 0 Å². The van der Waals surface area contributed by atoms with Gasteiger partial charge < -0.3 is 9.90 Å². The molecule has 0 heterocycles. The first-order chi connectivity index (χ1) is 19.8. The number of carbonyl (C=O) groups is 1. The average molecular weight is 603 g/mol. The fourth-order valence-corrected chi connectivity index (χ4v) is 6.18. The molecule has 0 rings (SSSR count). The van der Waals surface area contributed by atoms with Gasteiger partial charge in [0.2, 0.25) is 0 Å². The summed E-state index contributed by atoms with van der Waals surface area (Å²) in [6, 6.07) is 0. The molecule has 0 saturated carbocycles. The third-order valence-corrected chi connectivity index (χ3v) is 8.98. The second-order valence-electron chi connectivity index (χ2n) is 13.1. The molecular formula is C38H75KO2. The zero-order valence-corrected chi connectivity index (χ0v) is 31.9. The van der Waals surface area contributed by atoms with Gasteiger partial charge in [-0.3, -0.25) is 0 Å². The second kappa shape index (κ2) is 41.1. The summed E-state index contributed by atoms with van der Waals surface area (Å²) in [4.78, 5) is 10.4. The molecule has 0 N–H and O–H groups in total. The maximum atomic E-state index is 10.4. The van der Waals surface area contributed by atoms with E-state index in [2.05, 4.69) is 6.92 Å². The number of rotatable bonds is 36. The van der Waals surface area contributed by atoms with Crippen molar-refractivity contribution >= 4 is 5.97 Å². The Morgan fingerprint density at radius 1 is 0.317 bits per heavy atom. The van der Waals surface area contributed by atoms with Crippen LogP contribution >= 0.6 is 0 Å². The molecule has 0 bridgehead atoms. The summed E-state index contributed by atoms with van der Waals surface area (Å²) in [5, 5.41) is 10.4. The van der Waals surface area contributed by atoms with E-state index in [4.69, 9.17) is 0 Å². The molecule has 0 aromatic heterocycles. The first-order valence-electron chi connectivity index (χ1n) is 19.0. The molecule has 0 radical (unpaired) electrons. The molecule has 0 aromatic rings. The van der Waals surface area contributed by atoms with Crippen molar-refractivity contribution in [1.82, 2.24) is 0 Å². The number of aliphatic carboxylic acids is 1. The molecule has 240 valence electrons. The van der Waals surface area contributed by atoms with Crippen molar-refractivity contribution in [1.29, 1.82) is 0 Å². The molecule has 41 heavy (non-hydrogen) atoms. The Labute approximate surface area is 302 Å². The Morgan fingerprint density at radius 3 is 0.610 bits per heavy atom. The van der Waals surface area contributed by atoms with Crippen LogP contribution in [-0.4, -0.2) is 5.97 Å². The van der Waals surface area contributed by atoms with Crippen LogP contribution in [0.3, 0.4) is 0 Å². The Bertz CT molecular complexity index is 467. The molecule has 0 spiro atoms. The Balaban J connectivity index is 0. The van der Waals surface area contributed by atoms with Crippen LogP contribution in [-0.2, 0) is 4.79 Å². The third kappa shape index (κ3) is 43.3. The van der Waals surface area contributed by atoms with E-state index in [-0.39, 0.29) is 57.8 Å². The van der Waals surface area contributed by atoms with Crippen molar-refractivity contribution in [2.75, 3.05) is 0 Å². The van der Waals surface area contributed by atoms with Crippen LogP contribution < -0.4 is 56.5 Å². The number of carboxylic acids is 1. The maximum Gasteiger partial charge on any atom is 1.00 e.